The molecule has 2 atom stereocenters. The number of primary amides is 1. The molecule has 1 aromatic rings. The summed E-state index contributed by atoms with van der Waals surface area (Å²) in [5, 5.41) is 16.1. The number of hydrogen-bond donors (Lipinski definition) is 4. The third-order valence-corrected chi connectivity index (χ3v) is 3.76. The van der Waals surface area contributed by atoms with Crippen LogP contribution in [0.2, 0.25) is 0 Å². The Morgan fingerprint density at radius 3 is 3.00 bits per heavy atom. The highest BCUT2D eigenvalue weighted by molar-refractivity contribution is 7.98. The number of carbonyl (C=O) groups excluding carboxylic acids is 1. The first-order valence-corrected chi connectivity index (χ1v) is 7.73. The normalized spacial score (nSPS) is 22.3. The van der Waals surface area contributed by atoms with E-state index in [1.54, 1.807) is 0 Å². The zero-order valence-corrected chi connectivity index (χ0v) is 12.1. The lowest BCUT2D eigenvalue weighted by Gasteiger charge is -2.27. The number of nitrogens with two attached hydrogens (primary N) is 1. The van der Waals surface area contributed by atoms with Gasteiger partial charge in [0.1, 0.15) is 5.69 Å². The SMILES string of the molecule is CSc1ncc(NC(N)=O)c(N[C@@H]2CCC[C@H](O)C2)n1. The Morgan fingerprint density at radius 2 is 2.35 bits per heavy atom. The molecule has 2 rings (SSSR count). The fourth-order valence-electron chi connectivity index (χ4n) is 2.29. The molecule has 1 heterocycles. The van der Waals surface area contributed by atoms with Crippen LogP contribution < -0.4 is 16.4 Å². The van der Waals surface area contributed by atoms with E-state index in [1.165, 1.54) is 18.0 Å². The maximum Gasteiger partial charge on any atom is 0.316 e. The minimum absolute atomic E-state index is 0.136. The van der Waals surface area contributed by atoms with Crippen LogP contribution in [-0.2, 0) is 0 Å². The maximum atomic E-state index is 11.0. The van der Waals surface area contributed by atoms with Crippen molar-refractivity contribution >= 4 is 29.3 Å². The number of amides is 2. The van der Waals surface area contributed by atoms with Gasteiger partial charge in [-0.05, 0) is 31.9 Å². The second kappa shape index (κ2) is 6.76. The number of hydrogen-bond acceptors (Lipinski definition) is 6. The van der Waals surface area contributed by atoms with E-state index in [-0.39, 0.29) is 12.1 Å². The Balaban J connectivity index is 2.16. The molecule has 1 aromatic heterocycles. The summed E-state index contributed by atoms with van der Waals surface area (Å²) in [6.07, 6.45) is 6.58. The molecular formula is C12H19N5O2S. The molecule has 1 aliphatic carbocycles. The highest BCUT2D eigenvalue weighted by atomic mass is 32.2. The summed E-state index contributed by atoms with van der Waals surface area (Å²) < 4.78 is 0. The van der Waals surface area contributed by atoms with Gasteiger partial charge in [0.2, 0.25) is 0 Å². The molecule has 0 aromatic carbocycles. The number of carbonyl (C=O) groups is 1. The van der Waals surface area contributed by atoms with Crippen LogP contribution in [0.4, 0.5) is 16.3 Å². The van der Waals surface area contributed by atoms with Gasteiger partial charge in [0.05, 0.1) is 12.3 Å². The molecule has 0 radical (unpaired) electrons. The van der Waals surface area contributed by atoms with E-state index in [9.17, 15) is 9.90 Å². The predicted molar refractivity (Wildman–Crippen MR) is 78.9 cm³/mol. The smallest absolute Gasteiger partial charge is 0.316 e. The first-order chi connectivity index (χ1) is 9.58. The van der Waals surface area contributed by atoms with Gasteiger partial charge >= 0.3 is 6.03 Å². The summed E-state index contributed by atoms with van der Waals surface area (Å²) >= 11 is 1.42. The molecule has 8 heteroatoms. The van der Waals surface area contributed by atoms with E-state index in [4.69, 9.17) is 5.73 Å². The van der Waals surface area contributed by atoms with E-state index >= 15 is 0 Å². The number of nitrogens with one attached hydrogen (secondary N) is 2. The lowest BCUT2D eigenvalue weighted by atomic mass is 9.93. The van der Waals surface area contributed by atoms with Gasteiger partial charge in [-0.2, -0.15) is 0 Å². The molecule has 1 saturated carbocycles. The van der Waals surface area contributed by atoms with Crippen molar-refractivity contribution in [2.75, 3.05) is 16.9 Å². The Morgan fingerprint density at radius 1 is 1.55 bits per heavy atom. The van der Waals surface area contributed by atoms with Gasteiger partial charge in [0, 0.05) is 6.04 Å². The third-order valence-electron chi connectivity index (χ3n) is 3.19. The zero-order valence-electron chi connectivity index (χ0n) is 11.3. The Hall–Kier alpha value is -1.54. The molecule has 0 spiro atoms. The van der Waals surface area contributed by atoms with Crippen molar-refractivity contribution in [3.63, 3.8) is 0 Å². The third kappa shape index (κ3) is 3.97. The Bertz CT molecular complexity index is 485. The molecule has 1 fully saturated rings. The average Bonchev–Trinajstić information content (AvgIpc) is 2.40. The number of aliphatic hydroxyl groups excluding tert-OH is 1. The average molecular weight is 297 g/mol. The zero-order chi connectivity index (χ0) is 14.5. The number of rotatable bonds is 4. The quantitative estimate of drug-likeness (QED) is 0.493. The number of anilines is 2. The van der Waals surface area contributed by atoms with Crippen molar-refractivity contribution in [1.82, 2.24) is 9.97 Å². The monoisotopic (exact) mass is 297 g/mol. The van der Waals surface area contributed by atoms with Crippen LogP contribution in [0.5, 0.6) is 0 Å². The molecule has 0 unspecified atom stereocenters. The molecule has 20 heavy (non-hydrogen) atoms. The fraction of sp³-hybridized carbons (Fsp3) is 0.583. The molecule has 0 aliphatic heterocycles. The topological polar surface area (TPSA) is 113 Å². The van der Waals surface area contributed by atoms with Gasteiger partial charge in [-0.3, -0.25) is 0 Å². The van der Waals surface area contributed by atoms with Crippen LogP contribution in [0.15, 0.2) is 11.4 Å². The van der Waals surface area contributed by atoms with Crippen LogP contribution in [0.3, 0.4) is 0 Å². The van der Waals surface area contributed by atoms with Crippen molar-refractivity contribution in [3.05, 3.63) is 6.20 Å². The first kappa shape index (κ1) is 14.9. The van der Waals surface area contributed by atoms with Crippen molar-refractivity contribution in [2.45, 2.75) is 43.0 Å². The molecule has 0 bridgehead atoms. The number of thioether (sulfide) groups is 1. The molecule has 1 aliphatic rings. The molecule has 7 nitrogen and oxygen atoms in total. The molecule has 110 valence electrons. The minimum atomic E-state index is -0.655. The highest BCUT2D eigenvalue weighted by Crippen LogP contribution is 2.26. The Labute approximate surface area is 121 Å². The van der Waals surface area contributed by atoms with Crippen LogP contribution in [-0.4, -0.2) is 39.5 Å². The summed E-state index contributed by atoms with van der Waals surface area (Å²) in [5.74, 6) is 0.544. The van der Waals surface area contributed by atoms with E-state index in [0.717, 1.165) is 19.3 Å². The minimum Gasteiger partial charge on any atom is -0.393 e. The second-order valence-electron chi connectivity index (χ2n) is 4.77. The van der Waals surface area contributed by atoms with Crippen molar-refractivity contribution in [2.24, 2.45) is 5.73 Å². The number of aromatic nitrogens is 2. The fourth-order valence-corrected chi connectivity index (χ4v) is 2.63. The predicted octanol–water partition coefficient (Wildman–Crippen LogP) is 1.40. The van der Waals surface area contributed by atoms with E-state index in [0.29, 0.717) is 23.1 Å². The first-order valence-electron chi connectivity index (χ1n) is 6.50. The molecule has 2 amide bonds. The van der Waals surface area contributed by atoms with Crippen LogP contribution in [0.1, 0.15) is 25.7 Å². The highest BCUT2D eigenvalue weighted by Gasteiger charge is 2.21. The number of nitrogens with zero attached hydrogens (tertiary/aromatic N) is 2. The molecule has 5 N–H and O–H groups in total. The maximum absolute atomic E-state index is 11.0. The standard InChI is InChI=1S/C12H19N5O2S/c1-20-12-14-6-9(16-11(13)19)10(17-12)15-7-3-2-4-8(18)5-7/h6-8,18H,2-5H2,1H3,(H3,13,16,19)(H,14,15,17)/t7-,8+/m1/s1. The summed E-state index contributed by atoms with van der Waals surface area (Å²) in [6, 6.07) is -0.519. The van der Waals surface area contributed by atoms with Crippen molar-refractivity contribution < 1.29 is 9.90 Å². The van der Waals surface area contributed by atoms with E-state index in [1.807, 2.05) is 6.26 Å². The van der Waals surface area contributed by atoms with E-state index < -0.39 is 6.03 Å². The van der Waals surface area contributed by atoms with Gasteiger partial charge in [-0.1, -0.05) is 11.8 Å². The van der Waals surface area contributed by atoms with E-state index in [2.05, 4.69) is 20.6 Å². The van der Waals surface area contributed by atoms with Gasteiger partial charge in [0.25, 0.3) is 0 Å². The molecule has 0 saturated heterocycles. The molecular weight excluding hydrogens is 278 g/mol. The van der Waals surface area contributed by atoms with Gasteiger partial charge in [-0.25, -0.2) is 14.8 Å². The summed E-state index contributed by atoms with van der Waals surface area (Å²) in [7, 11) is 0. The van der Waals surface area contributed by atoms with Gasteiger partial charge in [-0.15, -0.1) is 0 Å². The van der Waals surface area contributed by atoms with Crippen LogP contribution in [0, 0.1) is 0 Å². The lowest BCUT2D eigenvalue weighted by molar-refractivity contribution is 0.124. The second-order valence-corrected chi connectivity index (χ2v) is 5.54. The summed E-state index contributed by atoms with van der Waals surface area (Å²) in [5.41, 5.74) is 5.59. The Kier molecular flexibility index (Phi) is 5.02. The summed E-state index contributed by atoms with van der Waals surface area (Å²) in [6.45, 7) is 0. The van der Waals surface area contributed by atoms with Crippen molar-refractivity contribution in [1.29, 1.82) is 0 Å². The van der Waals surface area contributed by atoms with Gasteiger partial charge in [0.15, 0.2) is 11.0 Å². The number of urea groups is 1. The van der Waals surface area contributed by atoms with Crippen molar-refractivity contribution in [3.8, 4) is 0 Å². The van der Waals surface area contributed by atoms with Gasteiger partial charge < -0.3 is 21.5 Å². The number of aliphatic hydroxyl groups is 1. The van der Waals surface area contributed by atoms with Crippen LogP contribution in [0.25, 0.3) is 0 Å². The van der Waals surface area contributed by atoms with Crippen LogP contribution >= 0.6 is 11.8 Å². The lowest BCUT2D eigenvalue weighted by Crippen LogP contribution is -2.31. The summed E-state index contributed by atoms with van der Waals surface area (Å²) in [4.78, 5) is 19.5. The largest absolute Gasteiger partial charge is 0.393 e.